The molecule has 1 saturated carbocycles. The molecule has 7 heteroatoms. The Hall–Kier alpha value is -1.27. The first-order valence-corrected chi connectivity index (χ1v) is 10.2. The second kappa shape index (κ2) is 8.17. The van der Waals surface area contributed by atoms with Gasteiger partial charge in [0.2, 0.25) is 0 Å². The molecular weight excluding hydrogens is 391 g/mol. The van der Waals surface area contributed by atoms with Crippen LogP contribution in [0.5, 0.6) is 0 Å². The van der Waals surface area contributed by atoms with Crippen LogP contribution in [0.15, 0.2) is 30.3 Å². The van der Waals surface area contributed by atoms with Crippen molar-refractivity contribution in [3.05, 3.63) is 50.1 Å². The lowest BCUT2D eigenvalue weighted by Crippen LogP contribution is -2.40. The fraction of sp³-hybridized carbons (Fsp3) is 0.421. The number of hydrogen-bond acceptors (Lipinski definition) is 3. The lowest BCUT2D eigenvalue weighted by Gasteiger charge is -2.28. The highest BCUT2D eigenvalue weighted by atomic mass is 35.5. The number of hydrogen-bond donors (Lipinski definition) is 3. The minimum absolute atomic E-state index is 0.0488. The van der Waals surface area contributed by atoms with Crippen molar-refractivity contribution in [2.45, 2.75) is 44.1 Å². The van der Waals surface area contributed by atoms with Gasteiger partial charge in [0.1, 0.15) is 0 Å². The van der Waals surface area contributed by atoms with Crippen molar-refractivity contribution in [3.63, 3.8) is 0 Å². The van der Waals surface area contributed by atoms with Crippen LogP contribution in [0.3, 0.4) is 0 Å². The summed E-state index contributed by atoms with van der Waals surface area (Å²) >= 11 is 13.5. The molecule has 3 N–H and O–H groups in total. The Bertz CT molecular complexity index is 786. The summed E-state index contributed by atoms with van der Waals surface area (Å²) in [5.41, 5.74) is 0.553. The van der Waals surface area contributed by atoms with Gasteiger partial charge >= 0.3 is 6.03 Å². The number of carbonyl (C=O) groups excluding carboxylic acids is 1. The molecule has 1 aliphatic rings. The van der Waals surface area contributed by atoms with Crippen molar-refractivity contribution < 1.29 is 9.90 Å². The number of anilines is 1. The summed E-state index contributed by atoms with van der Waals surface area (Å²) < 4.78 is 0. The van der Waals surface area contributed by atoms with Crippen molar-refractivity contribution in [2.24, 2.45) is 0 Å². The van der Waals surface area contributed by atoms with Crippen LogP contribution in [-0.4, -0.2) is 17.7 Å². The van der Waals surface area contributed by atoms with E-state index in [1.807, 2.05) is 6.07 Å². The molecule has 0 saturated heterocycles. The Balaban J connectivity index is 1.66. The number of rotatable bonds is 5. The van der Waals surface area contributed by atoms with Gasteiger partial charge in [0.15, 0.2) is 0 Å². The Morgan fingerprint density at radius 1 is 1.23 bits per heavy atom. The lowest BCUT2D eigenvalue weighted by atomic mass is 9.84. The van der Waals surface area contributed by atoms with Crippen molar-refractivity contribution in [1.82, 2.24) is 5.32 Å². The maximum absolute atomic E-state index is 12.3. The van der Waals surface area contributed by atoms with E-state index >= 15 is 0 Å². The van der Waals surface area contributed by atoms with Crippen LogP contribution >= 0.6 is 34.5 Å². The molecule has 4 nitrogen and oxygen atoms in total. The summed E-state index contributed by atoms with van der Waals surface area (Å²) in [6.07, 6.45) is 3.92. The Morgan fingerprint density at radius 2 is 1.96 bits per heavy atom. The second-order valence-electron chi connectivity index (χ2n) is 6.80. The predicted molar refractivity (Wildman–Crippen MR) is 109 cm³/mol. The molecule has 1 aromatic heterocycles. The molecule has 1 atom stereocenters. The zero-order valence-electron chi connectivity index (χ0n) is 14.5. The van der Waals surface area contributed by atoms with E-state index in [0.29, 0.717) is 22.3 Å². The number of thiophene rings is 1. The topological polar surface area (TPSA) is 61.4 Å². The molecule has 1 fully saturated rings. The number of aliphatic hydroxyl groups is 1. The van der Waals surface area contributed by atoms with Gasteiger partial charge in [0, 0.05) is 27.4 Å². The van der Waals surface area contributed by atoms with Crippen LogP contribution in [0.4, 0.5) is 10.5 Å². The highest BCUT2D eigenvalue weighted by Crippen LogP contribution is 2.44. The molecule has 0 spiro atoms. The first-order valence-electron chi connectivity index (χ1n) is 8.68. The molecule has 2 aromatic rings. The number of carbonyl (C=O) groups is 1. The largest absolute Gasteiger partial charge is 0.388 e. The molecular formula is C19H22Cl2N2O2S. The average molecular weight is 413 g/mol. The first-order chi connectivity index (χ1) is 12.4. The van der Waals surface area contributed by atoms with Gasteiger partial charge in [-0.05, 0) is 50.1 Å². The Kier molecular flexibility index (Phi) is 6.13. The van der Waals surface area contributed by atoms with E-state index in [-0.39, 0.29) is 11.4 Å². The van der Waals surface area contributed by atoms with E-state index in [0.717, 1.165) is 30.6 Å². The van der Waals surface area contributed by atoms with E-state index in [1.165, 1.54) is 4.88 Å². The molecule has 0 bridgehead atoms. The normalized spacial score (nSPS) is 17.1. The Labute approximate surface area is 167 Å². The van der Waals surface area contributed by atoms with Crippen LogP contribution in [0, 0.1) is 0 Å². The number of benzene rings is 1. The highest BCUT2D eigenvalue weighted by Gasteiger charge is 2.37. The summed E-state index contributed by atoms with van der Waals surface area (Å²) in [5.74, 6) is 0. The molecule has 1 unspecified atom stereocenters. The summed E-state index contributed by atoms with van der Waals surface area (Å²) in [7, 11) is 0. The third kappa shape index (κ3) is 4.34. The van der Waals surface area contributed by atoms with E-state index in [1.54, 1.807) is 36.5 Å². The van der Waals surface area contributed by atoms with Gasteiger partial charge in [0.25, 0.3) is 0 Å². The standard InChI is InChI=1S/C19H22Cl2N2O2S/c1-12(24)16-6-7-17(26-16)19(8-2-3-9-19)11-22-18(25)23-13-4-5-14(20)15(21)10-13/h4-7,10,12,24H,2-3,8-9,11H2,1H3,(H2,22,23,25). The van der Waals surface area contributed by atoms with Gasteiger partial charge in [-0.15, -0.1) is 11.3 Å². The number of aliphatic hydroxyl groups excluding tert-OH is 1. The SMILES string of the molecule is CC(O)c1ccc(C2(CNC(=O)Nc3ccc(Cl)c(Cl)c3)CCCC2)s1. The van der Waals surface area contributed by atoms with Crippen LogP contribution in [-0.2, 0) is 5.41 Å². The summed E-state index contributed by atoms with van der Waals surface area (Å²) in [4.78, 5) is 14.5. The van der Waals surface area contributed by atoms with Gasteiger partial charge in [0.05, 0.1) is 16.1 Å². The fourth-order valence-corrected chi connectivity index (χ4v) is 4.91. The molecule has 3 rings (SSSR count). The zero-order chi connectivity index (χ0) is 18.7. The van der Waals surface area contributed by atoms with Crippen LogP contribution in [0.1, 0.15) is 48.5 Å². The Morgan fingerprint density at radius 3 is 2.58 bits per heavy atom. The van der Waals surface area contributed by atoms with Crippen LogP contribution in [0.25, 0.3) is 0 Å². The summed E-state index contributed by atoms with van der Waals surface area (Å²) in [6.45, 7) is 2.35. The number of urea groups is 1. The second-order valence-corrected chi connectivity index (χ2v) is 8.73. The average Bonchev–Trinajstić information content (AvgIpc) is 3.26. The third-order valence-corrected chi connectivity index (χ3v) is 7.13. The lowest BCUT2D eigenvalue weighted by molar-refractivity contribution is 0.203. The number of nitrogens with one attached hydrogen (secondary N) is 2. The third-order valence-electron chi connectivity index (χ3n) is 4.89. The van der Waals surface area contributed by atoms with Crippen LogP contribution in [0.2, 0.25) is 10.0 Å². The van der Waals surface area contributed by atoms with Crippen molar-refractivity contribution >= 4 is 46.3 Å². The van der Waals surface area contributed by atoms with Crippen LogP contribution < -0.4 is 10.6 Å². The molecule has 1 aliphatic carbocycles. The van der Waals surface area contributed by atoms with Crippen molar-refractivity contribution in [2.75, 3.05) is 11.9 Å². The zero-order valence-corrected chi connectivity index (χ0v) is 16.8. The molecule has 1 aromatic carbocycles. The van der Waals surface area contributed by atoms with Gasteiger partial charge in [-0.3, -0.25) is 0 Å². The van der Waals surface area contributed by atoms with Crippen molar-refractivity contribution in [1.29, 1.82) is 0 Å². The number of amides is 2. The smallest absolute Gasteiger partial charge is 0.319 e. The maximum atomic E-state index is 12.3. The predicted octanol–water partition coefficient (Wildman–Crippen LogP) is 5.74. The molecule has 1 heterocycles. The molecule has 0 aliphatic heterocycles. The van der Waals surface area contributed by atoms with Gasteiger partial charge < -0.3 is 15.7 Å². The number of halogens is 2. The monoisotopic (exact) mass is 412 g/mol. The first kappa shape index (κ1) is 19.5. The van der Waals surface area contributed by atoms with Gasteiger partial charge in [-0.2, -0.15) is 0 Å². The highest BCUT2D eigenvalue weighted by molar-refractivity contribution is 7.12. The minimum Gasteiger partial charge on any atom is -0.388 e. The molecule has 26 heavy (non-hydrogen) atoms. The fourth-order valence-electron chi connectivity index (χ4n) is 3.42. The molecule has 140 valence electrons. The van der Waals surface area contributed by atoms with Gasteiger partial charge in [-0.25, -0.2) is 4.79 Å². The maximum Gasteiger partial charge on any atom is 0.319 e. The van der Waals surface area contributed by atoms with E-state index in [2.05, 4.69) is 16.7 Å². The quantitative estimate of drug-likeness (QED) is 0.585. The van der Waals surface area contributed by atoms with E-state index < -0.39 is 6.10 Å². The summed E-state index contributed by atoms with van der Waals surface area (Å²) in [6, 6.07) is 8.82. The van der Waals surface area contributed by atoms with Crippen molar-refractivity contribution in [3.8, 4) is 0 Å². The molecule has 0 radical (unpaired) electrons. The summed E-state index contributed by atoms with van der Waals surface area (Å²) in [5, 5.41) is 16.5. The minimum atomic E-state index is -0.460. The van der Waals surface area contributed by atoms with E-state index in [9.17, 15) is 9.90 Å². The van der Waals surface area contributed by atoms with Gasteiger partial charge in [-0.1, -0.05) is 36.0 Å². The molecule has 2 amide bonds. The van der Waals surface area contributed by atoms with E-state index in [4.69, 9.17) is 23.2 Å².